The zero-order valence-corrected chi connectivity index (χ0v) is 27.1. The minimum Gasteiger partial charge on any atom is -0.352 e. The van der Waals surface area contributed by atoms with Gasteiger partial charge in [-0.1, -0.05) is 72.9 Å². The van der Waals surface area contributed by atoms with Crippen LogP contribution in [0.4, 0.5) is 18.9 Å². The average Bonchev–Trinajstić information content (AvgIpc) is 2.96. The van der Waals surface area contributed by atoms with Crippen LogP contribution in [0.3, 0.4) is 0 Å². The molecule has 14 heteroatoms. The number of nitrogens with zero attached hydrogens (tertiary/aromatic N) is 2. The number of halogens is 6. The molecule has 0 bridgehead atoms. The van der Waals surface area contributed by atoms with Crippen molar-refractivity contribution in [2.75, 3.05) is 10.8 Å². The number of carbonyl (C=O) groups excluding carboxylic acids is 2. The molecule has 0 aliphatic heterocycles. The molecule has 44 heavy (non-hydrogen) atoms. The van der Waals surface area contributed by atoms with E-state index in [9.17, 15) is 31.2 Å². The van der Waals surface area contributed by atoms with Gasteiger partial charge in [0.05, 0.1) is 21.2 Å². The number of hydrogen-bond donors (Lipinski definition) is 1. The van der Waals surface area contributed by atoms with Crippen LogP contribution in [-0.4, -0.2) is 43.8 Å². The summed E-state index contributed by atoms with van der Waals surface area (Å²) in [6.45, 7) is 4.13. The Kier molecular flexibility index (Phi) is 12.0. The van der Waals surface area contributed by atoms with Gasteiger partial charge in [0.1, 0.15) is 12.6 Å². The third-order valence-electron chi connectivity index (χ3n) is 6.89. The number of carbonyl (C=O) groups is 2. The van der Waals surface area contributed by atoms with E-state index in [1.807, 2.05) is 6.92 Å². The monoisotopic (exact) mass is 691 g/mol. The molecule has 2 atom stereocenters. The molecule has 0 heterocycles. The third kappa shape index (κ3) is 8.59. The van der Waals surface area contributed by atoms with Crippen molar-refractivity contribution < 1.29 is 31.2 Å². The van der Waals surface area contributed by atoms with Crippen LogP contribution in [0.1, 0.15) is 44.7 Å². The largest absolute Gasteiger partial charge is 0.416 e. The van der Waals surface area contributed by atoms with Crippen molar-refractivity contribution in [3.05, 3.63) is 92.9 Å². The maximum absolute atomic E-state index is 14.1. The van der Waals surface area contributed by atoms with E-state index in [2.05, 4.69) is 5.32 Å². The van der Waals surface area contributed by atoms with Crippen LogP contribution in [0.25, 0.3) is 0 Å². The van der Waals surface area contributed by atoms with Gasteiger partial charge < -0.3 is 10.2 Å². The van der Waals surface area contributed by atoms with Gasteiger partial charge >= 0.3 is 6.18 Å². The minimum absolute atomic E-state index is 0.134. The topological polar surface area (TPSA) is 86.8 Å². The molecular weight excluding hydrogens is 662 g/mol. The van der Waals surface area contributed by atoms with Crippen LogP contribution in [0.5, 0.6) is 0 Å². The van der Waals surface area contributed by atoms with Crippen LogP contribution >= 0.6 is 34.8 Å². The standard InChI is InChI=1S/C30H31Cl3F3N3O4S/c1-4-19(3)37-29(41)26(5-2)38(17-20-11-13-22(31)16-25(20)33)28(40)18-39(44(42,43)23-9-7-6-8-10-23)27-15-21(30(34,35)36)12-14-24(27)32/h6-16,19,26H,4-5,17-18H2,1-3H3,(H,37,41)/t19-,26-/m0/s1. The van der Waals surface area contributed by atoms with Gasteiger partial charge in [-0.2, -0.15) is 13.2 Å². The van der Waals surface area contributed by atoms with Gasteiger partial charge in [0.25, 0.3) is 10.0 Å². The zero-order valence-electron chi connectivity index (χ0n) is 24.0. The summed E-state index contributed by atoms with van der Waals surface area (Å²) >= 11 is 18.7. The molecule has 0 saturated carbocycles. The summed E-state index contributed by atoms with van der Waals surface area (Å²) in [6.07, 6.45) is -4.09. The summed E-state index contributed by atoms with van der Waals surface area (Å²) in [5.74, 6) is -1.37. The first-order chi connectivity index (χ1) is 20.6. The number of rotatable bonds is 12. The van der Waals surface area contributed by atoms with Crippen molar-refractivity contribution >= 4 is 62.3 Å². The van der Waals surface area contributed by atoms with Gasteiger partial charge in [-0.25, -0.2) is 8.42 Å². The van der Waals surface area contributed by atoms with Crippen molar-refractivity contribution in [2.45, 2.75) is 63.3 Å². The fourth-order valence-corrected chi connectivity index (χ4v) is 6.49. The number of anilines is 1. The molecule has 0 fully saturated rings. The quantitative estimate of drug-likeness (QED) is 0.212. The van der Waals surface area contributed by atoms with Crippen molar-refractivity contribution in [1.82, 2.24) is 10.2 Å². The number of benzene rings is 3. The highest BCUT2D eigenvalue weighted by atomic mass is 35.5. The Morgan fingerprint density at radius 1 is 0.909 bits per heavy atom. The van der Waals surface area contributed by atoms with Gasteiger partial charge in [-0.3, -0.25) is 13.9 Å². The fraction of sp³-hybridized carbons (Fsp3) is 0.333. The van der Waals surface area contributed by atoms with Crippen LogP contribution < -0.4 is 9.62 Å². The van der Waals surface area contributed by atoms with Crippen LogP contribution in [0, 0.1) is 0 Å². The first-order valence-corrected chi connectivity index (χ1v) is 16.2. The lowest BCUT2D eigenvalue weighted by atomic mass is 10.1. The second-order valence-corrected chi connectivity index (χ2v) is 13.1. The van der Waals surface area contributed by atoms with Gasteiger partial charge in [-0.05, 0) is 67.8 Å². The maximum atomic E-state index is 14.1. The summed E-state index contributed by atoms with van der Waals surface area (Å²) in [6, 6.07) is 12.4. The predicted molar refractivity (Wildman–Crippen MR) is 166 cm³/mol. The molecule has 0 aliphatic rings. The minimum atomic E-state index is -4.83. The Morgan fingerprint density at radius 2 is 1.57 bits per heavy atom. The Bertz CT molecular complexity index is 1590. The number of alkyl halides is 3. The molecule has 3 aromatic rings. The van der Waals surface area contributed by atoms with E-state index < -0.39 is 51.9 Å². The van der Waals surface area contributed by atoms with Crippen molar-refractivity contribution in [3.63, 3.8) is 0 Å². The highest BCUT2D eigenvalue weighted by Crippen LogP contribution is 2.37. The molecule has 0 saturated heterocycles. The Hall–Kier alpha value is -2.99. The van der Waals surface area contributed by atoms with E-state index in [1.165, 1.54) is 30.3 Å². The van der Waals surface area contributed by atoms with E-state index >= 15 is 0 Å². The molecule has 0 radical (unpaired) electrons. The molecular formula is C30H31Cl3F3N3O4S. The summed E-state index contributed by atoms with van der Waals surface area (Å²) in [5, 5.41) is 3.03. The average molecular weight is 693 g/mol. The highest BCUT2D eigenvalue weighted by molar-refractivity contribution is 7.92. The number of sulfonamides is 1. The van der Waals surface area contributed by atoms with Gasteiger partial charge in [0.2, 0.25) is 11.8 Å². The molecule has 2 amide bonds. The zero-order chi connectivity index (χ0) is 32.8. The second kappa shape index (κ2) is 14.9. The van der Waals surface area contributed by atoms with E-state index in [-0.39, 0.29) is 33.9 Å². The summed E-state index contributed by atoms with van der Waals surface area (Å²) in [7, 11) is -4.64. The van der Waals surface area contributed by atoms with Gasteiger partial charge in [0.15, 0.2) is 0 Å². The Balaban J connectivity index is 2.17. The molecule has 3 aromatic carbocycles. The summed E-state index contributed by atoms with van der Waals surface area (Å²) < 4.78 is 69.5. The SMILES string of the molecule is CC[C@H](C)NC(=O)[C@H](CC)N(Cc1ccc(Cl)cc1Cl)C(=O)CN(c1cc(C(F)(F)F)ccc1Cl)S(=O)(=O)c1ccccc1. The lowest BCUT2D eigenvalue weighted by Gasteiger charge is -2.34. The smallest absolute Gasteiger partial charge is 0.352 e. The van der Waals surface area contributed by atoms with Gasteiger partial charge in [0, 0.05) is 22.6 Å². The second-order valence-electron chi connectivity index (χ2n) is 9.99. The maximum Gasteiger partial charge on any atom is 0.416 e. The summed E-state index contributed by atoms with van der Waals surface area (Å²) in [4.78, 5) is 28.4. The van der Waals surface area contributed by atoms with Crippen molar-refractivity contribution in [1.29, 1.82) is 0 Å². The Labute approximate surface area is 269 Å². The fourth-order valence-electron chi connectivity index (χ4n) is 4.31. The molecule has 0 unspecified atom stereocenters. The van der Waals surface area contributed by atoms with Crippen LogP contribution in [-0.2, 0) is 32.3 Å². The van der Waals surface area contributed by atoms with Gasteiger partial charge in [-0.15, -0.1) is 0 Å². The first-order valence-electron chi connectivity index (χ1n) is 13.6. The number of nitrogens with one attached hydrogen (secondary N) is 1. The molecule has 1 N–H and O–H groups in total. The highest BCUT2D eigenvalue weighted by Gasteiger charge is 2.37. The molecule has 238 valence electrons. The number of amides is 2. The van der Waals surface area contributed by atoms with E-state index in [4.69, 9.17) is 34.8 Å². The predicted octanol–water partition coefficient (Wildman–Crippen LogP) is 7.58. The van der Waals surface area contributed by atoms with E-state index in [0.29, 0.717) is 33.4 Å². The van der Waals surface area contributed by atoms with E-state index in [1.54, 1.807) is 32.0 Å². The third-order valence-corrected chi connectivity index (χ3v) is 9.58. The molecule has 7 nitrogen and oxygen atoms in total. The first kappa shape index (κ1) is 35.5. The lowest BCUT2D eigenvalue weighted by molar-refractivity contribution is -0.140. The van der Waals surface area contributed by atoms with Crippen molar-refractivity contribution in [2.24, 2.45) is 0 Å². The van der Waals surface area contributed by atoms with Crippen LogP contribution in [0.15, 0.2) is 71.6 Å². The normalized spacial score (nSPS) is 13.2. The van der Waals surface area contributed by atoms with Crippen molar-refractivity contribution in [3.8, 4) is 0 Å². The number of hydrogen-bond acceptors (Lipinski definition) is 4. The summed E-state index contributed by atoms with van der Waals surface area (Å²) in [5.41, 5.74) is -1.31. The Morgan fingerprint density at radius 3 is 2.14 bits per heavy atom. The molecule has 0 aliphatic carbocycles. The van der Waals surface area contributed by atoms with E-state index in [0.717, 1.165) is 11.0 Å². The van der Waals surface area contributed by atoms with Crippen LogP contribution in [0.2, 0.25) is 15.1 Å². The lowest BCUT2D eigenvalue weighted by Crippen LogP contribution is -2.53. The molecule has 0 spiro atoms. The molecule has 3 rings (SSSR count). The molecule has 0 aromatic heterocycles.